The average Bonchev–Trinajstić information content (AvgIpc) is 3.24. The Labute approximate surface area is 127 Å². The van der Waals surface area contributed by atoms with E-state index < -0.39 is 0 Å². The third-order valence-corrected chi connectivity index (χ3v) is 3.58. The number of fused-ring (bicyclic) bond motifs is 1. The summed E-state index contributed by atoms with van der Waals surface area (Å²) in [6, 6.07) is 11.9. The molecule has 0 atom stereocenters. The SMILES string of the molecule is c1cc(CNc2cnccc2-n2cccn2)c2occc2c1. The highest BCUT2D eigenvalue weighted by Gasteiger charge is 2.07. The summed E-state index contributed by atoms with van der Waals surface area (Å²) in [5, 5.41) is 8.80. The van der Waals surface area contributed by atoms with E-state index >= 15 is 0 Å². The number of rotatable bonds is 4. The van der Waals surface area contributed by atoms with E-state index in [1.807, 2.05) is 41.2 Å². The van der Waals surface area contributed by atoms with Crippen molar-refractivity contribution < 1.29 is 4.42 Å². The Morgan fingerprint density at radius 2 is 2.09 bits per heavy atom. The number of furan rings is 1. The molecular weight excluding hydrogens is 276 g/mol. The first kappa shape index (κ1) is 12.6. The predicted octanol–water partition coefficient (Wildman–Crippen LogP) is 3.63. The monoisotopic (exact) mass is 290 g/mol. The quantitative estimate of drug-likeness (QED) is 0.623. The molecule has 0 aliphatic heterocycles. The summed E-state index contributed by atoms with van der Waals surface area (Å²) in [5.74, 6) is 0. The van der Waals surface area contributed by atoms with Gasteiger partial charge in [-0.15, -0.1) is 0 Å². The average molecular weight is 290 g/mol. The number of para-hydroxylation sites is 1. The van der Waals surface area contributed by atoms with Crippen LogP contribution >= 0.6 is 0 Å². The van der Waals surface area contributed by atoms with E-state index in [0.29, 0.717) is 6.54 Å². The lowest BCUT2D eigenvalue weighted by atomic mass is 10.1. The van der Waals surface area contributed by atoms with E-state index in [1.165, 1.54) is 0 Å². The van der Waals surface area contributed by atoms with Crippen LogP contribution in [0, 0.1) is 0 Å². The van der Waals surface area contributed by atoms with E-state index in [2.05, 4.69) is 21.5 Å². The molecule has 22 heavy (non-hydrogen) atoms. The molecule has 0 aliphatic rings. The molecule has 0 radical (unpaired) electrons. The zero-order chi connectivity index (χ0) is 14.8. The summed E-state index contributed by atoms with van der Waals surface area (Å²) in [7, 11) is 0. The number of hydrogen-bond acceptors (Lipinski definition) is 4. The van der Waals surface area contributed by atoms with Crippen LogP contribution in [-0.4, -0.2) is 14.8 Å². The number of hydrogen-bond donors (Lipinski definition) is 1. The van der Waals surface area contributed by atoms with E-state index in [9.17, 15) is 0 Å². The van der Waals surface area contributed by atoms with Crippen LogP contribution < -0.4 is 5.32 Å². The molecule has 108 valence electrons. The fourth-order valence-electron chi connectivity index (χ4n) is 2.52. The van der Waals surface area contributed by atoms with Crippen LogP contribution in [0.1, 0.15) is 5.56 Å². The van der Waals surface area contributed by atoms with E-state index in [4.69, 9.17) is 4.42 Å². The van der Waals surface area contributed by atoms with Gasteiger partial charge in [0, 0.05) is 36.1 Å². The van der Waals surface area contributed by atoms with Crippen molar-refractivity contribution >= 4 is 16.7 Å². The van der Waals surface area contributed by atoms with Gasteiger partial charge in [0.15, 0.2) is 0 Å². The molecule has 0 spiro atoms. The van der Waals surface area contributed by atoms with Gasteiger partial charge >= 0.3 is 0 Å². The van der Waals surface area contributed by atoms with Gasteiger partial charge in [-0.25, -0.2) is 4.68 Å². The van der Waals surface area contributed by atoms with Crippen molar-refractivity contribution in [2.75, 3.05) is 5.32 Å². The molecule has 0 fully saturated rings. The lowest BCUT2D eigenvalue weighted by Crippen LogP contribution is -2.05. The Hall–Kier alpha value is -3.08. The first-order chi connectivity index (χ1) is 10.9. The van der Waals surface area contributed by atoms with Gasteiger partial charge in [0.2, 0.25) is 0 Å². The molecule has 4 aromatic rings. The molecule has 0 aliphatic carbocycles. The fourth-order valence-corrected chi connectivity index (χ4v) is 2.52. The number of benzene rings is 1. The van der Waals surface area contributed by atoms with Gasteiger partial charge in [0.05, 0.1) is 23.8 Å². The van der Waals surface area contributed by atoms with Crippen LogP contribution in [0.25, 0.3) is 16.7 Å². The molecule has 4 rings (SSSR count). The zero-order valence-corrected chi connectivity index (χ0v) is 11.8. The molecule has 1 N–H and O–H groups in total. The zero-order valence-electron chi connectivity index (χ0n) is 11.8. The molecule has 5 heteroatoms. The predicted molar refractivity (Wildman–Crippen MR) is 84.9 cm³/mol. The van der Waals surface area contributed by atoms with E-state index in [1.54, 1.807) is 24.9 Å². The molecule has 3 aromatic heterocycles. The van der Waals surface area contributed by atoms with Crippen molar-refractivity contribution in [3.8, 4) is 5.69 Å². The Morgan fingerprint density at radius 3 is 3.00 bits per heavy atom. The van der Waals surface area contributed by atoms with Gasteiger partial charge in [-0.05, 0) is 18.2 Å². The van der Waals surface area contributed by atoms with Gasteiger partial charge in [0.25, 0.3) is 0 Å². The number of pyridine rings is 1. The molecule has 3 heterocycles. The summed E-state index contributed by atoms with van der Waals surface area (Å²) >= 11 is 0. The van der Waals surface area contributed by atoms with Crippen molar-refractivity contribution in [1.29, 1.82) is 0 Å². The topological polar surface area (TPSA) is 55.9 Å². The molecule has 0 saturated heterocycles. The second kappa shape index (κ2) is 5.37. The van der Waals surface area contributed by atoms with Crippen LogP contribution in [0.3, 0.4) is 0 Å². The molecule has 0 bridgehead atoms. The van der Waals surface area contributed by atoms with Crippen molar-refractivity contribution in [2.24, 2.45) is 0 Å². The minimum absolute atomic E-state index is 0.658. The Kier molecular flexibility index (Phi) is 3.08. The van der Waals surface area contributed by atoms with Crippen LogP contribution in [0.5, 0.6) is 0 Å². The van der Waals surface area contributed by atoms with Gasteiger partial charge in [-0.1, -0.05) is 18.2 Å². The normalized spacial score (nSPS) is 10.9. The van der Waals surface area contributed by atoms with E-state index in [0.717, 1.165) is 27.9 Å². The number of aromatic nitrogens is 3. The third-order valence-electron chi connectivity index (χ3n) is 3.58. The maximum absolute atomic E-state index is 5.57. The van der Waals surface area contributed by atoms with Gasteiger partial charge < -0.3 is 9.73 Å². The van der Waals surface area contributed by atoms with E-state index in [-0.39, 0.29) is 0 Å². The van der Waals surface area contributed by atoms with Crippen molar-refractivity contribution in [3.63, 3.8) is 0 Å². The number of anilines is 1. The summed E-state index contributed by atoms with van der Waals surface area (Å²) in [4.78, 5) is 4.19. The highest BCUT2D eigenvalue weighted by atomic mass is 16.3. The summed E-state index contributed by atoms with van der Waals surface area (Å²) in [6.45, 7) is 0.658. The van der Waals surface area contributed by atoms with Crippen molar-refractivity contribution in [2.45, 2.75) is 6.54 Å². The second-order valence-corrected chi connectivity index (χ2v) is 4.95. The van der Waals surface area contributed by atoms with Crippen LogP contribution in [0.4, 0.5) is 5.69 Å². The second-order valence-electron chi connectivity index (χ2n) is 4.95. The Balaban J connectivity index is 1.64. The molecule has 0 unspecified atom stereocenters. The Morgan fingerprint density at radius 1 is 1.09 bits per heavy atom. The molecular formula is C17H14N4O. The Bertz CT molecular complexity index is 896. The van der Waals surface area contributed by atoms with Crippen molar-refractivity contribution in [1.82, 2.24) is 14.8 Å². The van der Waals surface area contributed by atoms with Gasteiger partial charge in [0.1, 0.15) is 5.58 Å². The lowest BCUT2D eigenvalue weighted by molar-refractivity contribution is 0.611. The standard InChI is InChI=1S/C17H14N4O/c1-3-13-6-10-22-17(13)14(4-1)11-19-15-12-18-8-5-16(15)21-9-2-7-20-21/h1-10,12,19H,11H2. The van der Waals surface area contributed by atoms with Crippen LogP contribution in [0.15, 0.2) is 71.9 Å². The molecule has 1 aromatic carbocycles. The summed E-state index contributed by atoms with van der Waals surface area (Å²) in [6.07, 6.45) is 8.95. The lowest BCUT2D eigenvalue weighted by Gasteiger charge is -2.11. The summed E-state index contributed by atoms with van der Waals surface area (Å²) in [5.41, 5.74) is 3.92. The fraction of sp³-hybridized carbons (Fsp3) is 0.0588. The maximum Gasteiger partial charge on any atom is 0.138 e. The minimum Gasteiger partial charge on any atom is -0.464 e. The smallest absolute Gasteiger partial charge is 0.138 e. The highest BCUT2D eigenvalue weighted by molar-refractivity contribution is 5.80. The molecule has 0 saturated carbocycles. The first-order valence-corrected chi connectivity index (χ1v) is 7.05. The summed E-state index contributed by atoms with van der Waals surface area (Å²) < 4.78 is 7.38. The number of nitrogens with zero attached hydrogens (tertiary/aromatic N) is 3. The van der Waals surface area contributed by atoms with Crippen LogP contribution in [-0.2, 0) is 6.54 Å². The minimum atomic E-state index is 0.658. The number of nitrogens with one attached hydrogen (secondary N) is 1. The maximum atomic E-state index is 5.57. The molecule has 5 nitrogen and oxygen atoms in total. The van der Waals surface area contributed by atoms with Crippen LogP contribution in [0.2, 0.25) is 0 Å². The largest absolute Gasteiger partial charge is 0.464 e. The van der Waals surface area contributed by atoms with Crippen molar-refractivity contribution in [3.05, 3.63) is 73.0 Å². The first-order valence-electron chi connectivity index (χ1n) is 7.05. The molecule has 0 amide bonds. The third kappa shape index (κ3) is 2.22. The van der Waals surface area contributed by atoms with Gasteiger partial charge in [-0.2, -0.15) is 5.10 Å². The highest BCUT2D eigenvalue weighted by Crippen LogP contribution is 2.23. The van der Waals surface area contributed by atoms with Gasteiger partial charge in [-0.3, -0.25) is 4.98 Å².